The van der Waals surface area contributed by atoms with Gasteiger partial charge in [-0.15, -0.1) is 0 Å². The fourth-order valence-corrected chi connectivity index (χ4v) is 3.36. The summed E-state index contributed by atoms with van der Waals surface area (Å²) in [6.45, 7) is 6.38. The van der Waals surface area contributed by atoms with E-state index in [4.69, 9.17) is 4.74 Å². The predicted octanol–water partition coefficient (Wildman–Crippen LogP) is 5.65. The van der Waals surface area contributed by atoms with Crippen LogP contribution in [0.15, 0.2) is 46.2 Å². The molecule has 0 unspecified atom stereocenters. The monoisotopic (exact) mass is 301 g/mol. The first-order valence-electron chi connectivity index (χ1n) is 7.31. The summed E-state index contributed by atoms with van der Waals surface area (Å²) in [6, 6.07) is 12.8. The molecular formula is C18H23NOS. The number of rotatable bonds is 1. The van der Waals surface area contributed by atoms with Gasteiger partial charge in [-0.05, 0) is 42.8 Å². The van der Waals surface area contributed by atoms with Crippen molar-refractivity contribution in [2.24, 2.45) is 0 Å². The number of anilines is 2. The summed E-state index contributed by atoms with van der Waals surface area (Å²) < 4.78 is 5.29. The van der Waals surface area contributed by atoms with Crippen molar-refractivity contribution in [3.05, 3.63) is 42.0 Å². The van der Waals surface area contributed by atoms with Crippen LogP contribution in [0.1, 0.15) is 25.8 Å². The van der Waals surface area contributed by atoms with Crippen LogP contribution < -0.4 is 9.64 Å². The van der Waals surface area contributed by atoms with Crippen molar-refractivity contribution in [3.63, 3.8) is 0 Å². The highest BCUT2D eigenvalue weighted by molar-refractivity contribution is 7.99. The number of nitrogens with zero attached hydrogens (tertiary/aromatic N) is 1. The second kappa shape index (κ2) is 6.90. The Morgan fingerprint density at radius 2 is 1.71 bits per heavy atom. The molecule has 1 aliphatic heterocycles. The van der Waals surface area contributed by atoms with E-state index in [9.17, 15) is 0 Å². The molecule has 0 amide bonds. The molecule has 21 heavy (non-hydrogen) atoms. The molecule has 0 N–H and O–H groups in total. The van der Waals surface area contributed by atoms with Crippen molar-refractivity contribution in [1.82, 2.24) is 0 Å². The molecule has 0 radical (unpaired) electrons. The van der Waals surface area contributed by atoms with Crippen molar-refractivity contribution < 1.29 is 4.74 Å². The van der Waals surface area contributed by atoms with E-state index in [0.717, 1.165) is 5.75 Å². The number of hydrogen-bond acceptors (Lipinski definition) is 3. The Balaban J connectivity index is 0.000000497. The molecule has 2 aromatic carbocycles. The average molecular weight is 301 g/mol. The van der Waals surface area contributed by atoms with Crippen LogP contribution in [0.2, 0.25) is 0 Å². The van der Waals surface area contributed by atoms with Gasteiger partial charge in [0, 0.05) is 16.8 Å². The summed E-state index contributed by atoms with van der Waals surface area (Å²) in [4.78, 5) is 4.78. The topological polar surface area (TPSA) is 12.5 Å². The van der Waals surface area contributed by atoms with Crippen LogP contribution in [0.5, 0.6) is 5.75 Å². The molecule has 0 aromatic heterocycles. The Morgan fingerprint density at radius 1 is 1.00 bits per heavy atom. The van der Waals surface area contributed by atoms with Crippen LogP contribution in [0, 0.1) is 6.92 Å². The quantitative estimate of drug-likeness (QED) is 0.675. The van der Waals surface area contributed by atoms with Crippen LogP contribution in [0.4, 0.5) is 11.4 Å². The van der Waals surface area contributed by atoms with E-state index in [-0.39, 0.29) is 0 Å². The van der Waals surface area contributed by atoms with Gasteiger partial charge >= 0.3 is 0 Å². The standard InChI is InChI=1S/C15H15NOS.C3H8/c1-10-4-7-14-13(8-10)16(2)12-6-5-11(17-3)9-15(12)18-14;1-3-2/h4-9H,1-3H3;3H2,1-2H3. The number of aryl methyl sites for hydroxylation is 1. The summed E-state index contributed by atoms with van der Waals surface area (Å²) in [6.07, 6.45) is 1.25. The predicted molar refractivity (Wildman–Crippen MR) is 92.3 cm³/mol. The third-order valence-electron chi connectivity index (χ3n) is 3.22. The summed E-state index contributed by atoms with van der Waals surface area (Å²) in [5.74, 6) is 0.908. The molecule has 1 heterocycles. The molecule has 0 saturated carbocycles. The van der Waals surface area contributed by atoms with Gasteiger partial charge in [0.05, 0.1) is 18.5 Å². The van der Waals surface area contributed by atoms with Crippen molar-refractivity contribution in [3.8, 4) is 5.75 Å². The zero-order chi connectivity index (χ0) is 15.4. The molecule has 0 saturated heterocycles. The second-order valence-electron chi connectivity index (χ2n) is 5.17. The lowest BCUT2D eigenvalue weighted by molar-refractivity contribution is 0.413. The van der Waals surface area contributed by atoms with E-state index in [1.54, 1.807) is 18.9 Å². The lowest BCUT2D eigenvalue weighted by atomic mass is 10.2. The molecule has 2 aromatic rings. The van der Waals surface area contributed by atoms with Crippen molar-refractivity contribution >= 4 is 23.1 Å². The first-order chi connectivity index (χ1) is 10.1. The highest BCUT2D eigenvalue weighted by Crippen LogP contribution is 2.48. The van der Waals surface area contributed by atoms with Gasteiger partial charge in [-0.3, -0.25) is 0 Å². The summed E-state index contributed by atoms with van der Waals surface area (Å²) in [7, 11) is 3.82. The lowest BCUT2D eigenvalue weighted by Crippen LogP contribution is -2.14. The fraction of sp³-hybridized carbons (Fsp3) is 0.333. The molecular weight excluding hydrogens is 278 g/mol. The van der Waals surface area contributed by atoms with Gasteiger partial charge in [0.1, 0.15) is 5.75 Å². The molecule has 2 nitrogen and oxygen atoms in total. The molecule has 0 atom stereocenters. The maximum atomic E-state index is 5.29. The van der Waals surface area contributed by atoms with Crippen molar-refractivity contribution in [1.29, 1.82) is 0 Å². The summed E-state index contributed by atoms with van der Waals surface area (Å²) >= 11 is 1.80. The SMILES string of the molecule is CCC.COc1ccc2c(c1)Sc1ccc(C)cc1N2C. The van der Waals surface area contributed by atoms with Gasteiger partial charge in [0.15, 0.2) is 0 Å². The van der Waals surface area contributed by atoms with Gasteiger partial charge in [0.25, 0.3) is 0 Å². The fourth-order valence-electron chi connectivity index (χ4n) is 2.20. The first kappa shape index (κ1) is 15.8. The number of benzene rings is 2. The van der Waals surface area contributed by atoms with E-state index in [1.165, 1.54) is 33.2 Å². The Morgan fingerprint density at radius 3 is 2.38 bits per heavy atom. The van der Waals surface area contributed by atoms with Crippen LogP contribution in [0.25, 0.3) is 0 Å². The molecule has 1 aliphatic rings. The average Bonchev–Trinajstić information content (AvgIpc) is 2.48. The number of hydrogen-bond donors (Lipinski definition) is 0. The van der Waals surface area contributed by atoms with Gasteiger partial charge in [-0.25, -0.2) is 0 Å². The zero-order valence-corrected chi connectivity index (χ0v) is 14.3. The van der Waals surface area contributed by atoms with Gasteiger partial charge in [0.2, 0.25) is 0 Å². The Bertz CT molecular complexity index is 625. The molecule has 3 rings (SSSR count). The smallest absolute Gasteiger partial charge is 0.120 e. The second-order valence-corrected chi connectivity index (χ2v) is 6.26. The highest BCUT2D eigenvalue weighted by Gasteiger charge is 2.20. The number of fused-ring (bicyclic) bond motifs is 2. The minimum atomic E-state index is 0.908. The highest BCUT2D eigenvalue weighted by atomic mass is 32.2. The van der Waals surface area contributed by atoms with Crippen LogP contribution in [-0.2, 0) is 0 Å². The Labute approximate surface area is 132 Å². The molecule has 112 valence electrons. The lowest BCUT2D eigenvalue weighted by Gasteiger charge is -2.29. The Hall–Kier alpha value is -1.61. The molecule has 0 aliphatic carbocycles. The van der Waals surface area contributed by atoms with Gasteiger partial charge in [-0.2, -0.15) is 0 Å². The third kappa shape index (κ3) is 3.35. The number of methoxy groups -OCH3 is 1. The Kier molecular flexibility index (Phi) is 5.18. The first-order valence-corrected chi connectivity index (χ1v) is 8.12. The zero-order valence-electron chi connectivity index (χ0n) is 13.4. The number of ether oxygens (including phenoxy) is 1. The van der Waals surface area contributed by atoms with Crippen LogP contribution in [-0.4, -0.2) is 14.2 Å². The minimum absolute atomic E-state index is 0.908. The van der Waals surface area contributed by atoms with Crippen molar-refractivity contribution in [2.75, 3.05) is 19.1 Å². The van der Waals surface area contributed by atoms with Crippen molar-refractivity contribution in [2.45, 2.75) is 37.0 Å². The van der Waals surface area contributed by atoms with E-state index in [2.05, 4.69) is 63.1 Å². The third-order valence-corrected chi connectivity index (χ3v) is 4.34. The van der Waals surface area contributed by atoms with E-state index >= 15 is 0 Å². The molecule has 0 spiro atoms. The normalized spacial score (nSPS) is 12.0. The molecule has 0 fully saturated rings. The van der Waals surface area contributed by atoms with Gasteiger partial charge in [-0.1, -0.05) is 38.1 Å². The van der Waals surface area contributed by atoms with Crippen LogP contribution in [0.3, 0.4) is 0 Å². The summed E-state index contributed by atoms with van der Waals surface area (Å²) in [5.41, 5.74) is 3.80. The largest absolute Gasteiger partial charge is 0.497 e. The molecule has 3 heteroatoms. The van der Waals surface area contributed by atoms with Gasteiger partial charge < -0.3 is 9.64 Å². The maximum absolute atomic E-state index is 5.29. The van der Waals surface area contributed by atoms with E-state index in [1.807, 2.05) is 6.07 Å². The maximum Gasteiger partial charge on any atom is 0.120 e. The van der Waals surface area contributed by atoms with E-state index < -0.39 is 0 Å². The molecule has 0 bridgehead atoms. The summed E-state index contributed by atoms with van der Waals surface area (Å²) in [5, 5.41) is 0. The van der Waals surface area contributed by atoms with E-state index in [0.29, 0.717) is 0 Å². The van der Waals surface area contributed by atoms with Crippen LogP contribution >= 0.6 is 11.8 Å². The minimum Gasteiger partial charge on any atom is -0.497 e.